The molecule has 4 nitrogen and oxygen atoms in total. The molecule has 1 fully saturated rings. The second kappa shape index (κ2) is 5.56. The van der Waals surface area contributed by atoms with Crippen LogP contribution in [0.1, 0.15) is 5.56 Å². The quantitative estimate of drug-likeness (QED) is 0.857. The maximum absolute atomic E-state index is 11.9. The smallest absolute Gasteiger partial charge is 0.293 e. The highest BCUT2D eigenvalue weighted by Crippen LogP contribution is 2.31. The number of halogens is 1. The predicted octanol–water partition coefficient (Wildman–Crippen LogP) is 1.62. The van der Waals surface area contributed by atoms with E-state index >= 15 is 0 Å². The van der Waals surface area contributed by atoms with Gasteiger partial charge in [0.25, 0.3) is 11.1 Å². The lowest BCUT2D eigenvalue weighted by atomic mass is 10.2. The Kier molecular flexibility index (Phi) is 4.06. The number of benzene rings is 1. The zero-order valence-electron chi connectivity index (χ0n) is 9.56. The number of quaternary nitrogens is 1. The van der Waals surface area contributed by atoms with E-state index in [1.165, 1.54) is 4.90 Å². The summed E-state index contributed by atoms with van der Waals surface area (Å²) in [6.45, 7) is 0.884. The van der Waals surface area contributed by atoms with Crippen LogP contribution in [-0.4, -0.2) is 29.1 Å². The number of amides is 2. The zero-order chi connectivity index (χ0) is 13.1. The third-order valence-electron chi connectivity index (χ3n) is 2.42. The van der Waals surface area contributed by atoms with Crippen LogP contribution >= 0.6 is 23.4 Å². The molecule has 1 aliphatic heterocycles. The Balaban J connectivity index is 2.22. The molecule has 6 heteroatoms. The Hall–Kier alpha value is -1.30. The van der Waals surface area contributed by atoms with E-state index in [1.54, 1.807) is 30.3 Å². The molecule has 94 valence electrons. The molecule has 1 aromatic rings. The molecule has 18 heavy (non-hydrogen) atoms. The molecule has 1 saturated heterocycles. The molecule has 0 saturated carbocycles. The first-order chi connectivity index (χ1) is 8.61. The lowest BCUT2D eigenvalue weighted by Crippen LogP contribution is -2.55. The van der Waals surface area contributed by atoms with E-state index in [1.807, 2.05) is 0 Å². The summed E-state index contributed by atoms with van der Waals surface area (Å²) < 4.78 is 0. The molecule has 1 aromatic carbocycles. The number of carbonyl (C=O) groups is 2. The molecular formula is C12H12ClN2O2S+. The second-order valence-electron chi connectivity index (χ2n) is 3.74. The van der Waals surface area contributed by atoms with Crippen molar-refractivity contribution in [2.24, 2.45) is 0 Å². The lowest BCUT2D eigenvalue weighted by molar-refractivity contribution is -0.367. The number of hydrogen-bond acceptors (Lipinski definition) is 3. The fourth-order valence-electron chi connectivity index (χ4n) is 1.56. The Bertz CT molecular complexity index is 513. The van der Waals surface area contributed by atoms with Crippen LogP contribution in [0.15, 0.2) is 29.2 Å². The number of hydrogen-bond donors (Lipinski definition) is 1. The van der Waals surface area contributed by atoms with E-state index in [0.717, 1.165) is 17.3 Å². The highest BCUT2D eigenvalue weighted by atomic mass is 35.5. The standard InChI is InChI=1S/C12H11ClN2O2S/c13-9-3-1-8(2-4-9)7-10-11(16)15(6-5-14)12(17)18-10/h1-4,7H,5-6,14H2/p+1. The van der Waals surface area contributed by atoms with Crippen LogP contribution in [-0.2, 0) is 4.79 Å². The molecule has 0 spiro atoms. The van der Waals surface area contributed by atoms with Crippen molar-refractivity contribution < 1.29 is 15.3 Å². The van der Waals surface area contributed by atoms with E-state index in [4.69, 9.17) is 11.6 Å². The second-order valence-corrected chi connectivity index (χ2v) is 5.17. The summed E-state index contributed by atoms with van der Waals surface area (Å²) in [4.78, 5) is 25.2. The van der Waals surface area contributed by atoms with Gasteiger partial charge in [0.1, 0.15) is 0 Å². The molecule has 0 bridgehead atoms. The average Bonchev–Trinajstić information content (AvgIpc) is 2.60. The van der Waals surface area contributed by atoms with Gasteiger partial charge < -0.3 is 5.73 Å². The van der Waals surface area contributed by atoms with Crippen LogP contribution in [0, 0.1) is 0 Å². The maximum Gasteiger partial charge on any atom is 0.293 e. The monoisotopic (exact) mass is 283 g/mol. The van der Waals surface area contributed by atoms with Gasteiger partial charge in [0.15, 0.2) is 0 Å². The van der Waals surface area contributed by atoms with Gasteiger partial charge in [0.05, 0.1) is 18.0 Å². The van der Waals surface area contributed by atoms with Crippen molar-refractivity contribution in [2.45, 2.75) is 0 Å². The van der Waals surface area contributed by atoms with Gasteiger partial charge in [0.2, 0.25) is 0 Å². The average molecular weight is 284 g/mol. The van der Waals surface area contributed by atoms with Crippen molar-refractivity contribution in [1.82, 2.24) is 4.90 Å². The van der Waals surface area contributed by atoms with Crippen molar-refractivity contribution in [3.05, 3.63) is 39.8 Å². The molecule has 0 unspecified atom stereocenters. The highest BCUT2D eigenvalue weighted by Gasteiger charge is 2.34. The Morgan fingerprint density at radius 2 is 1.94 bits per heavy atom. The summed E-state index contributed by atoms with van der Waals surface area (Å²) in [6.07, 6.45) is 1.70. The van der Waals surface area contributed by atoms with Crippen molar-refractivity contribution in [2.75, 3.05) is 13.1 Å². The van der Waals surface area contributed by atoms with E-state index in [9.17, 15) is 9.59 Å². The number of thioether (sulfide) groups is 1. The Labute approximate surface area is 114 Å². The molecule has 0 aliphatic carbocycles. The Morgan fingerprint density at radius 3 is 2.56 bits per heavy atom. The van der Waals surface area contributed by atoms with E-state index in [0.29, 0.717) is 23.0 Å². The molecule has 1 heterocycles. The summed E-state index contributed by atoms with van der Waals surface area (Å²) in [5, 5.41) is 0.404. The van der Waals surface area contributed by atoms with Gasteiger partial charge >= 0.3 is 0 Å². The molecule has 2 rings (SSSR count). The summed E-state index contributed by atoms with van der Waals surface area (Å²) in [5.41, 5.74) is 4.49. The van der Waals surface area contributed by atoms with Gasteiger partial charge in [-0.3, -0.25) is 14.5 Å². The number of rotatable bonds is 3. The minimum absolute atomic E-state index is 0.233. The molecule has 2 amide bonds. The van der Waals surface area contributed by atoms with Gasteiger partial charge in [0, 0.05) is 5.02 Å². The van der Waals surface area contributed by atoms with Gasteiger partial charge in [-0.05, 0) is 35.5 Å². The molecule has 3 N–H and O–H groups in total. The van der Waals surface area contributed by atoms with Crippen LogP contribution in [0.3, 0.4) is 0 Å². The molecule has 1 aliphatic rings. The SMILES string of the molecule is [NH3+]CCN1C(=O)SC(=Cc2ccc(Cl)cc2)C1=O. The van der Waals surface area contributed by atoms with Crippen molar-refractivity contribution >= 4 is 40.6 Å². The summed E-state index contributed by atoms with van der Waals surface area (Å²) in [7, 11) is 0. The largest absolute Gasteiger partial charge is 0.356 e. The molecule has 0 aromatic heterocycles. The van der Waals surface area contributed by atoms with Crippen LogP contribution in [0.5, 0.6) is 0 Å². The molecule has 0 atom stereocenters. The molecular weight excluding hydrogens is 272 g/mol. The predicted molar refractivity (Wildman–Crippen MR) is 71.9 cm³/mol. The molecule has 0 radical (unpaired) electrons. The summed E-state index contributed by atoms with van der Waals surface area (Å²) in [5.74, 6) is -0.247. The zero-order valence-corrected chi connectivity index (χ0v) is 11.1. The summed E-state index contributed by atoms with van der Waals surface area (Å²) in [6, 6.07) is 7.09. The minimum atomic E-state index is -0.247. The van der Waals surface area contributed by atoms with Crippen LogP contribution in [0.25, 0.3) is 6.08 Å². The fourth-order valence-corrected chi connectivity index (χ4v) is 2.55. The van der Waals surface area contributed by atoms with Crippen molar-refractivity contribution in [3.63, 3.8) is 0 Å². The van der Waals surface area contributed by atoms with Gasteiger partial charge in [-0.1, -0.05) is 23.7 Å². The number of imide groups is 1. The van der Waals surface area contributed by atoms with Gasteiger partial charge in [-0.25, -0.2) is 0 Å². The summed E-state index contributed by atoms with van der Waals surface area (Å²) >= 11 is 6.74. The minimum Gasteiger partial charge on any atom is -0.356 e. The van der Waals surface area contributed by atoms with Crippen LogP contribution in [0.4, 0.5) is 4.79 Å². The third kappa shape index (κ3) is 2.75. The van der Waals surface area contributed by atoms with Crippen molar-refractivity contribution in [3.8, 4) is 0 Å². The van der Waals surface area contributed by atoms with Gasteiger partial charge in [-0.15, -0.1) is 0 Å². The normalized spacial score (nSPS) is 17.9. The van der Waals surface area contributed by atoms with Gasteiger partial charge in [-0.2, -0.15) is 0 Å². The van der Waals surface area contributed by atoms with E-state index < -0.39 is 0 Å². The highest BCUT2D eigenvalue weighted by molar-refractivity contribution is 8.18. The maximum atomic E-state index is 11.9. The lowest BCUT2D eigenvalue weighted by Gasteiger charge is -2.08. The Morgan fingerprint density at radius 1 is 1.28 bits per heavy atom. The first kappa shape index (κ1) is 13.1. The topological polar surface area (TPSA) is 65.0 Å². The fraction of sp³-hybridized carbons (Fsp3) is 0.167. The first-order valence-corrected chi connectivity index (χ1v) is 6.61. The van der Waals surface area contributed by atoms with Crippen LogP contribution in [0.2, 0.25) is 5.02 Å². The third-order valence-corrected chi connectivity index (χ3v) is 3.58. The van der Waals surface area contributed by atoms with Crippen LogP contribution < -0.4 is 5.73 Å². The van der Waals surface area contributed by atoms with E-state index in [2.05, 4.69) is 5.73 Å². The van der Waals surface area contributed by atoms with E-state index in [-0.39, 0.29) is 11.1 Å². The first-order valence-electron chi connectivity index (χ1n) is 5.42. The number of nitrogens with zero attached hydrogens (tertiary/aromatic N) is 1. The number of carbonyl (C=O) groups excluding carboxylic acids is 2. The van der Waals surface area contributed by atoms with Crippen molar-refractivity contribution in [1.29, 1.82) is 0 Å².